The average Bonchev–Trinajstić information content (AvgIpc) is 2.60. The van der Waals surface area contributed by atoms with Crippen molar-refractivity contribution in [3.8, 4) is 11.1 Å². The maximum atomic E-state index is 15.1. The van der Waals surface area contributed by atoms with Gasteiger partial charge in [-0.3, -0.25) is 4.79 Å². The zero-order chi connectivity index (χ0) is 16.0. The molecule has 2 aromatic carbocycles. The number of nitrogens with zero attached hydrogens (tertiary/aromatic N) is 2. The first-order valence-corrected chi connectivity index (χ1v) is 7.33. The second-order valence-electron chi connectivity index (χ2n) is 5.48. The number of fused-ring (bicyclic) bond motifs is 3. The van der Waals surface area contributed by atoms with Gasteiger partial charge < -0.3 is 0 Å². The molecule has 0 radical (unpaired) electrons. The molecular formula is C19H13FN2O. The Hall–Kier alpha value is -3.01. The van der Waals surface area contributed by atoms with E-state index in [2.05, 4.69) is 5.10 Å². The minimum absolute atomic E-state index is 0.227. The number of rotatable bonds is 1. The minimum atomic E-state index is -0.409. The molecule has 2 aromatic heterocycles. The van der Waals surface area contributed by atoms with Crippen LogP contribution in [0.1, 0.15) is 5.56 Å². The highest BCUT2D eigenvalue weighted by atomic mass is 19.1. The fraction of sp³-hybridized carbons (Fsp3) is 0.0526. The Kier molecular flexibility index (Phi) is 2.98. The fourth-order valence-electron chi connectivity index (χ4n) is 2.98. The number of aromatic nitrogens is 2. The number of benzene rings is 2. The highest BCUT2D eigenvalue weighted by molar-refractivity contribution is 5.96. The summed E-state index contributed by atoms with van der Waals surface area (Å²) in [4.78, 5) is 12.9. The Morgan fingerprint density at radius 3 is 2.48 bits per heavy atom. The molecule has 3 nitrogen and oxygen atoms in total. The molecule has 0 atom stereocenters. The van der Waals surface area contributed by atoms with E-state index in [0.29, 0.717) is 22.1 Å². The summed E-state index contributed by atoms with van der Waals surface area (Å²) < 4.78 is 16.2. The SMILES string of the molecule is Cc1c(-c2ccccc2)c(=O)n2ncc3ccccc3c2c1F. The van der Waals surface area contributed by atoms with Gasteiger partial charge in [-0.15, -0.1) is 0 Å². The largest absolute Gasteiger partial charge is 0.279 e. The molecular weight excluding hydrogens is 291 g/mol. The molecule has 4 aromatic rings. The van der Waals surface area contributed by atoms with E-state index >= 15 is 4.39 Å². The van der Waals surface area contributed by atoms with E-state index in [4.69, 9.17) is 0 Å². The van der Waals surface area contributed by atoms with Gasteiger partial charge >= 0.3 is 0 Å². The topological polar surface area (TPSA) is 34.4 Å². The van der Waals surface area contributed by atoms with Crippen LogP contribution in [0.25, 0.3) is 27.4 Å². The lowest BCUT2D eigenvalue weighted by atomic mass is 10.0. The van der Waals surface area contributed by atoms with Crippen molar-refractivity contribution in [1.29, 1.82) is 0 Å². The molecule has 0 saturated carbocycles. The lowest BCUT2D eigenvalue weighted by Gasteiger charge is -2.12. The third-order valence-electron chi connectivity index (χ3n) is 4.12. The van der Waals surface area contributed by atoms with Gasteiger partial charge in [0.2, 0.25) is 0 Å². The monoisotopic (exact) mass is 304 g/mol. The quantitative estimate of drug-likeness (QED) is 0.499. The smallest absolute Gasteiger partial charge is 0.267 e. The molecule has 112 valence electrons. The molecule has 0 unspecified atom stereocenters. The summed E-state index contributed by atoms with van der Waals surface area (Å²) in [5.74, 6) is -0.409. The van der Waals surface area contributed by atoms with Crippen molar-refractivity contribution < 1.29 is 4.39 Å². The Morgan fingerprint density at radius 1 is 1.00 bits per heavy atom. The van der Waals surface area contributed by atoms with E-state index in [-0.39, 0.29) is 11.1 Å². The van der Waals surface area contributed by atoms with Crippen LogP contribution in [0.3, 0.4) is 0 Å². The van der Waals surface area contributed by atoms with Crippen molar-refractivity contribution in [3.05, 3.63) is 82.5 Å². The summed E-state index contributed by atoms with van der Waals surface area (Å²) in [6, 6.07) is 16.5. The van der Waals surface area contributed by atoms with Gasteiger partial charge in [0, 0.05) is 16.3 Å². The second-order valence-corrected chi connectivity index (χ2v) is 5.48. The number of pyridine rings is 1. The van der Waals surface area contributed by atoms with Gasteiger partial charge in [-0.25, -0.2) is 4.39 Å². The molecule has 0 spiro atoms. The van der Waals surface area contributed by atoms with E-state index in [1.54, 1.807) is 31.3 Å². The maximum Gasteiger partial charge on any atom is 0.279 e. The summed E-state index contributed by atoms with van der Waals surface area (Å²) in [7, 11) is 0. The fourth-order valence-corrected chi connectivity index (χ4v) is 2.98. The molecule has 0 bridgehead atoms. The maximum absolute atomic E-state index is 15.1. The molecule has 0 saturated heterocycles. The molecule has 4 heteroatoms. The van der Waals surface area contributed by atoms with Crippen molar-refractivity contribution >= 4 is 16.3 Å². The van der Waals surface area contributed by atoms with Crippen LogP contribution in [0.15, 0.2) is 65.6 Å². The normalized spacial score (nSPS) is 11.2. The summed E-state index contributed by atoms with van der Waals surface area (Å²) >= 11 is 0. The van der Waals surface area contributed by atoms with Crippen LogP contribution in [0.2, 0.25) is 0 Å². The van der Waals surface area contributed by atoms with E-state index in [1.807, 2.05) is 36.4 Å². The zero-order valence-corrected chi connectivity index (χ0v) is 12.5. The van der Waals surface area contributed by atoms with Gasteiger partial charge in [-0.1, -0.05) is 54.6 Å². The highest BCUT2D eigenvalue weighted by Gasteiger charge is 2.18. The Morgan fingerprint density at radius 2 is 1.70 bits per heavy atom. The molecule has 2 heterocycles. The molecule has 0 aliphatic heterocycles. The summed E-state index contributed by atoms with van der Waals surface area (Å²) in [5, 5.41) is 5.64. The van der Waals surface area contributed by atoms with Gasteiger partial charge in [0.05, 0.1) is 11.8 Å². The van der Waals surface area contributed by atoms with Crippen LogP contribution in [0.5, 0.6) is 0 Å². The van der Waals surface area contributed by atoms with Gasteiger partial charge in [-0.2, -0.15) is 9.61 Å². The van der Waals surface area contributed by atoms with E-state index in [9.17, 15) is 4.79 Å². The molecule has 0 fully saturated rings. The molecule has 0 amide bonds. The first-order valence-electron chi connectivity index (χ1n) is 7.33. The van der Waals surface area contributed by atoms with Crippen molar-refractivity contribution in [2.24, 2.45) is 0 Å². The molecule has 23 heavy (non-hydrogen) atoms. The van der Waals surface area contributed by atoms with Crippen LogP contribution in [0.4, 0.5) is 4.39 Å². The van der Waals surface area contributed by atoms with Gasteiger partial charge in [0.1, 0.15) is 5.52 Å². The summed E-state index contributed by atoms with van der Waals surface area (Å²) in [5.41, 5.74) is 1.31. The average molecular weight is 304 g/mol. The van der Waals surface area contributed by atoms with Gasteiger partial charge in [-0.05, 0) is 12.5 Å². The Balaban J connectivity index is 2.22. The van der Waals surface area contributed by atoms with Crippen LogP contribution >= 0.6 is 0 Å². The molecule has 0 N–H and O–H groups in total. The van der Waals surface area contributed by atoms with Gasteiger partial charge in [0.25, 0.3) is 5.56 Å². The van der Waals surface area contributed by atoms with Crippen molar-refractivity contribution in [3.63, 3.8) is 0 Å². The predicted molar refractivity (Wildman–Crippen MR) is 89.1 cm³/mol. The Labute approximate surface area is 131 Å². The van der Waals surface area contributed by atoms with Crippen LogP contribution < -0.4 is 5.56 Å². The van der Waals surface area contributed by atoms with Gasteiger partial charge in [0.15, 0.2) is 5.82 Å². The number of hydrogen-bond acceptors (Lipinski definition) is 2. The molecule has 0 aliphatic carbocycles. The van der Waals surface area contributed by atoms with Crippen molar-refractivity contribution in [2.75, 3.05) is 0 Å². The standard InChI is InChI=1S/C19H13FN2O/c1-12-16(13-7-3-2-4-8-13)19(23)22-18(17(12)20)15-10-6-5-9-14(15)11-21-22/h2-11H,1H3. The molecule has 4 rings (SSSR count). The lowest BCUT2D eigenvalue weighted by Crippen LogP contribution is -2.21. The van der Waals surface area contributed by atoms with Crippen LogP contribution in [-0.2, 0) is 0 Å². The van der Waals surface area contributed by atoms with Crippen LogP contribution in [0, 0.1) is 12.7 Å². The minimum Gasteiger partial charge on any atom is -0.267 e. The van der Waals surface area contributed by atoms with E-state index in [1.165, 1.54) is 0 Å². The lowest BCUT2D eigenvalue weighted by molar-refractivity contribution is 0.618. The Bertz CT molecular complexity index is 1100. The zero-order valence-electron chi connectivity index (χ0n) is 12.5. The van der Waals surface area contributed by atoms with E-state index in [0.717, 1.165) is 9.90 Å². The summed E-state index contributed by atoms with van der Waals surface area (Å²) in [6.07, 6.45) is 1.59. The third-order valence-corrected chi connectivity index (χ3v) is 4.12. The first-order chi connectivity index (χ1) is 11.2. The van der Waals surface area contributed by atoms with E-state index < -0.39 is 5.82 Å². The number of hydrogen-bond donors (Lipinski definition) is 0. The second kappa shape index (κ2) is 5.02. The predicted octanol–water partition coefficient (Wildman–Crippen LogP) is 3.96. The van der Waals surface area contributed by atoms with Crippen molar-refractivity contribution in [2.45, 2.75) is 6.92 Å². The highest BCUT2D eigenvalue weighted by Crippen LogP contribution is 2.27. The first kappa shape index (κ1) is 13.6. The molecule has 0 aliphatic rings. The summed E-state index contributed by atoms with van der Waals surface area (Å²) in [6.45, 7) is 1.64. The number of halogens is 1. The van der Waals surface area contributed by atoms with Crippen molar-refractivity contribution in [1.82, 2.24) is 9.61 Å². The third kappa shape index (κ3) is 1.95. The van der Waals surface area contributed by atoms with Crippen LogP contribution in [-0.4, -0.2) is 9.61 Å².